The summed E-state index contributed by atoms with van der Waals surface area (Å²) >= 11 is 11.4. The summed E-state index contributed by atoms with van der Waals surface area (Å²) in [6.45, 7) is 7.36. The molecule has 0 unspecified atom stereocenters. The Kier molecular flexibility index (Phi) is 6.61. The molecule has 0 aromatic carbocycles. The Bertz CT molecular complexity index is 203. The van der Waals surface area contributed by atoms with Crippen molar-refractivity contribution >= 4 is 23.2 Å². The highest BCUT2D eigenvalue weighted by Crippen LogP contribution is 2.04. The number of nitrogens with one attached hydrogen (secondary N) is 1. The topological polar surface area (TPSA) is 18.5 Å². The second-order valence-corrected chi connectivity index (χ2v) is 4.59. The van der Waals surface area contributed by atoms with Crippen molar-refractivity contribution in [3.63, 3.8) is 0 Å². The Morgan fingerprint density at radius 2 is 2.13 bits per heavy atom. The van der Waals surface area contributed by atoms with Gasteiger partial charge in [-0.25, -0.2) is 0 Å². The molecule has 1 aliphatic rings. The Hall–Kier alpha value is 0.200. The highest BCUT2D eigenvalue weighted by Gasteiger charge is 2.10. The molecule has 0 bridgehead atoms. The van der Waals surface area contributed by atoms with E-state index in [2.05, 4.69) is 22.2 Å². The minimum absolute atomic E-state index is 0.694. The third-order valence-corrected chi connectivity index (χ3v) is 3.15. The fraction of sp³-hybridized carbons (Fsp3) is 0.800. The van der Waals surface area contributed by atoms with Crippen molar-refractivity contribution in [3.05, 3.63) is 10.6 Å². The third-order valence-electron chi connectivity index (χ3n) is 2.55. The first-order valence-electron chi connectivity index (χ1n) is 5.28. The van der Waals surface area contributed by atoms with Gasteiger partial charge in [0.2, 0.25) is 0 Å². The molecule has 5 heteroatoms. The molecular weight excluding hydrogens is 233 g/mol. The zero-order chi connectivity index (χ0) is 11.1. The molecule has 88 valence electrons. The van der Waals surface area contributed by atoms with Gasteiger partial charge in [-0.1, -0.05) is 23.2 Å². The standard InChI is InChI=1S/C10H19Cl2N3/c1-14(9-10(12)8-11)6-7-15-4-2-13-3-5-15/h8,13H,2-7,9H2,1H3. The molecule has 3 nitrogen and oxygen atoms in total. The van der Waals surface area contributed by atoms with E-state index in [1.807, 2.05) is 0 Å². The van der Waals surface area contributed by atoms with Crippen LogP contribution in [0, 0.1) is 0 Å². The second kappa shape index (κ2) is 7.47. The van der Waals surface area contributed by atoms with Crippen LogP contribution in [0.15, 0.2) is 10.6 Å². The van der Waals surface area contributed by atoms with E-state index < -0.39 is 0 Å². The van der Waals surface area contributed by atoms with Gasteiger partial charge in [-0.2, -0.15) is 0 Å². The molecule has 1 aliphatic heterocycles. The minimum atomic E-state index is 0.694. The van der Waals surface area contributed by atoms with Crippen LogP contribution in [-0.2, 0) is 0 Å². The molecule has 0 aromatic heterocycles. The zero-order valence-corrected chi connectivity index (χ0v) is 10.7. The number of hydrogen-bond acceptors (Lipinski definition) is 3. The molecule has 0 amide bonds. The molecule has 1 fully saturated rings. The first kappa shape index (κ1) is 13.3. The normalized spacial score (nSPS) is 19.9. The van der Waals surface area contributed by atoms with Crippen molar-refractivity contribution in [2.45, 2.75) is 0 Å². The molecule has 1 rings (SSSR count). The van der Waals surface area contributed by atoms with Crippen LogP contribution in [0.1, 0.15) is 0 Å². The van der Waals surface area contributed by atoms with Gasteiger partial charge < -0.3 is 5.32 Å². The summed E-state index contributed by atoms with van der Waals surface area (Å²) in [4.78, 5) is 4.65. The third kappa shape index (κ3) is 5.73. The summed E-state index contributed by atoms with van der Waals surface area (Å²) in [5.74, 6) is 0. The highest BCUT2D eigenvalue weighted by atomic mass is 35.5. The first-order valence-corrected chi connectivity index (χ1v) is 6.10. The molecular formula is C10H19Cl2N3. The van der Waals surface area contributed by atoms with E-state index in [0.717, 1.165) is 45.8 Å². The summed E-state index contributed by atoms with van der Waals surface area (Å²) in [6, 6.07) is 0. The van der Waals surface area contributed by atoms with E-state index in [9.17, 15) is 0 Å². The van der Waals surface area contributed by atoms with Crippen molar-refractivity contribution < 1.29 is 0 Å². The van der Waals surface area contributed by atoms with Crippen LogP contribution in [-0.4, -0.2) is 62.7 Å². The predicted octanol–water partition coefficient (Wildman–Crippen LogP) is 1.14. The number of nitrogens with zero attached hydrogens (tertiary/aromatic N) is 2. The predicted molar refractivity (Wildman–Crippen MR) is 66.6 cm³/mol. The Labute approximate surface area is 102 Å². The van der Waals surface area contributed by atoms with Gasteiger partial charge >= 0.3 is 0 Å². The van der Waals surface area contributed by atoms with Crippen LogP contribution < -0.4 is 5.32 Å². The maximum atomic E-state index is 5.85. The first-order chi connectivity index (χ1) is 7.22. The molecule has 1 saturated heterocycles. The number of likely N-dealkylation sites (N-methyl/N-ethyl adjacent to an activating group) is 1. The lowest BCUT2D eigenvalue weighted by molar-refractivity contribution is 0.211. The summed E-state index contributed by atoms with van der Waals surface area (Å²) in [6.07, 6.45) is 0. The molecule has 0 saturated carbocycles. The smallest absolute Gasteiger partial charge is 0.0434 e. The van der Waals surface area contributed by atoms with Gasteiger partial charge in [0.1, 0.15) is 0 Å². The molecule has 0 atom stereocenters. The zero-order valence-electron chi connectivity index (χ0n) is 9.18. The fourth-order valence-corrected chi connectivity index (χ4v) is 1.89. The van der Waals surface area contributed by atoms with Gasteiger partial charge in [0, 0.05) is 56.4 Å². The number of halogens is 2. The van der Waals surface area contributed by atoms with Gasteiger partial charge in [-0.05, 0) is 7.05 Å². The van der Waals surface area contributed by atoms with Crippen LogP contribution in [0.25, 0.3) is 0 Å². The van der Waals surface area contributed by atoms with Gasteiger partial charge in [0.05, 0.1) is 0 Å². The van der Waals surface area contributed by atoms with Crippen LogP contribution >= 0.6 is 23.2 Å². The maximum Gasteiger partial charge on any atom is 0.0434 e. The van der Waals surface area contributed by atoms with E-state index >= 15 is 0 Å². The largest absolute Gasteiger partial charge is 0.314 e. The summed E-state index contributed by atoms with van der Waals surface area (Å²) in [7, 11) is 2.06. The lowest BCUT2D eigenvalue weighted by Gasteiger charge is -2.29. The number of hydrogen-bond donors (Lipinski definition) is 1. The number of rotatable bonds is 5. The molecule has 1 heterocycles. The van der Waals surface area contributed by atoms with E-state index in [1.165, 1.54) is 5.54 Å². The maximum absolute atomic E-state index is 5.85. The van der Waals surface area contributed by atoms with E-state index in [4.69, 9.17) is 23.2 Å². The van der Waals surface area contributed by atoms with Crippen molar-refractivity contribution in [3.8, 4) is 0 Å². The van der Waals surface area contributed by atoms with E-state index in [-0.39, 0.29) is 0 Å². The van der Waals surface area contributed by atoms with E-state index in [1.54, 1.807) is 0 Å². The van der Waals surface area contributed by atoms with Crippen molar-refractivity contribution in [1.29, 1.82) is 0 Å². The lowest BCUT2D eigenvalue weighted by Crippen LogP contribution is -2.46. The van der Waals surface area contributed by atoms with Crippen molar-refractivity contribution in [1.82, 2.24) is 15.1 Å². The van der Waals surface area contributed by atoms with Crippen LogP contribution in [0.3, 0.4) is 0 Å². The molecule has 0 radical (unpaired) electrons. The minimum Gasteiger partial charge on any atom is -0.314 e. The van der Waals surface area contributed by atoms with E-state index in [0.29, 0.717) is 5.03 Å². The summed E-state index contributed by atoms with van der Waals surface area (Å²) < 4.78 is 0. The van der Waals surface area contributed by atoms with Gasteiger partial charge in [-0.15, -0.1) is 0 Å². The van der Waals surface area contributed by atoms with Gasteiger partial charge in [0.15, 0.2) is 0 Å². The Morgan fingerprint density at radius 3 is 2.73 bits per heavy atom. The molecule has 1 N–H and O–H groups in total. The van der Waals surface area contributed by atoms with Crippen LogP contribution in [0.5, 0.6) is 0 Å². The summed E-state index contributed by atoms with van der Waals surface area (Å²) in [5.41, 5.74) is 1.43. The van der Waals surface area contributed by atoms with Crippen molar-refractivity contribution in [2.75, 3.05) is 52.9 Å². The van der Waals surface area contributed by atoms with Crippen LogP contribution in [0.4, 0.5) is 0 Å². The number of piperazine rings is 1. The molecule has 0 aliphatic carbocycles. The molecule has 15 heavy (non-hydrogen) atoms. The average Bonchev–Trinajstić information content (AvgIpc) is 2.27. The summed E-state index contributed by atoms with van der Waals surface area (Å²) in [5, 5.41) is 4.03. The SMILES string of the molecule is CN(CCN1CCNCC1)CC(Cl)=CCl. The van der Waals surface area contributed by atoms with Gasteiger partial charge in [-0.3, -0.25) is 9.80 Å². The Morgan fingerprint density at radius 1 is 1.47 bits per heavy atom. The Balaban J connectivity index is 2.12. The van der Waals surface area contributed by atoms with Crippen LogP contribution in [0.2, 0.25) is 0 Å². The molecule has 0 aromatic rings. The lowest BCUT2D eigenvalue weighted by atomic mass is 10.3. The fourth-order valence-electron chi connectivity index (χ4n) is 1.62. The average molecular weight is 252 g/mol. The highest BCUT2D eigenvalue weighted by molar-refractivity contribution is 6.36. The second-order valence-electron chi connectivity index (χ2n) is 3.89. The van der Waals surface area contributed by atoms with Crippen molar-refractivity contribution in [2.24, 2.45) is 0 Å². The molecule has 0 spiro atoms. The monoisotopic (exact) mass is 251 g/mol. The van der Waals surface area contributed by atoms with Gasteiger partial charge in [0.25, 0.3) is 0 Å². The quantitative estimate of drug-likeness (QED) is 0.791.